The number of amides is 1. The minimum absolute atomic E-state index is 0.00415. The third-order valence-corrected chi connectivity index (χ3v) is 9.67. The number of rotatable bonds is 9. The zero-order valence-corrected chi connectivity index (χ0v) is 24.2. The molecule has 1 saturated heterocycles. The molecule has 5 rings (SSSR count). The van der Waals surface area contributed by atoms with Gasteiger partial charge in [0.25, 0.3) is 5.56 Å². The van der Waals surface area contributed by atoms with Crippen LogP contribution in [0.1, 0.15) is 69.8 Å². The quantitative estimate of drug-likeness (QED) is 0.472. The van der Waals surface area contributed by atoms with E-state index < -0.39 is 0 Å². The van der Waals surface area contributed by atoms with Gasteiger partial charge >= 0.3 is 0 Å². The predicted octanol–water partition coefficient (Wildman–Crippen LogP) is 4.51. The lowest BCUT2D eigenvalue weighted by Crippen LogP contribution is -2.62. The molecule has 0 bridgehead atoms. The minimum atomic E-state index is 0.00415. The van der Waals surface area contributed by atoms with Crippen molar-refractivity contribution in [3.63, 3.8) is 0 Å². The Morgan fingerprint density at radius 1 is 1.00 bits per heavy atom. The average Bonchev–Trinajstić information content (AvgIpc) is 2.97. The van der Waals surface area contributed by atoms with E-state index in [9.17, 15) is 9.59 Å². The lowest BCUT2D eigenvalue weighted by molar-refractivity contribution is -0.140. The molecule has 214 valence electrons. The molecule has 0 spiro atoms. The zero-order chi connectivity index (χ0) is 27.2. The van der Waals surface area contributed by atoms with E-state index in [-0.39, 0.29) is 22.9 Å². The number of piperazine rings is 1. The van der Waals surface area contributed by atoms with Gasteiger partial charge in [0.15, 0.2) is 0 Å². The van der Waals surface area contributed by atoms with Gasteiger partial charge in [0.05, 0.1) is 18.7 Å². The van der Waals surface area contributed by atoms with Gasteiger partial charge in [-0.3, -0.25) is 14.5 Å². The van der Waals surface area contributed by atoms with Crippen LogP contribution in [0.25, 0.3) is 10.9 Å². The van der Waals surface area contributed by atoms with E-state index in [2.05, 4.69) is 27.8 Å². The highest BCUT2D eigenvalue weighted by molar-refractivity contribution is 5.81. The van der Waals surface area contributed by atoms with Crippen molar-refractivity contribution >= 4 is 16.8 Å². The Balaban J connectivity index is 1.50. The molecule has 1 aromatic heterocycles. The summed E-state index contributed by atoms with van der Waals surface area (Å²) in [5.41, 5.74) is 1.66. The third-order valence-electron chi connectivity index (χ3n) is 9.67. The molecular weight excluding hydrogens is 488 g/mol. The molecule has 2 aliphatic carbocycles. The third kappa shape index (κ3) is 6.41. The standard InChI is InChI=1S/C32H48N4O3/c1-33-17-19-35(20-18-33)32(15-9-4-10-16-32)25-34(30(37)26-11-5-3-6-12-26)24-28-23-27-13-7-8-14-29(27)36(31(28)38)21-22-39-2/h7-8,13-14,23,26H,3-6,9-12,15-22,24-25H2,1-2H3. The maximum atomic E-state index is 14.3. The lowest BCUT2D eigenvalue weighted by Gasteiger charge is -2.51. The first-order valence-electron chi connectivity index (χ1n) is 15.3. The van der Waals surface area contributed by atoms with E-state index in [0.29, 0.717) is 19.7 Å². The first kappa shape index (κ1) is 28.3. The first-order valence-corrected chi connectivity index (χ1v) is 15.3. The molecule has 1 aromatic carbocycles. The summed E-state index contributed by atoms with van der Waals surface area (Å²) < 4.78 is 7.19. The van der Waals surface area contributed by atoms with Crippen molar-refractivity contribution in [3.8, 4) is 0 Å². The molecule has 39 heavy (non-hydrogen) atoms. The number of aromatic nitrogens is 1. The lowest BCUT2D eigenvalue weighted by atomic mass is 9.78. The summed E-state index contributed by atoms with van der Waals surface area (Å²) in [6, 6.07) is 10.1. The van der Waals surface area contributed by atoms with Crippen LogP contribution in [0.4, 0.5) is 0 Å². The number of carbonyl (C=O) groups excluding carboxylic acids is 1. The maximum absolute atomic E-state index is 14.3. The van der Waals surface area contributed by atoms with Gasteiger partial charge in [0, 0.05) is 63.4 Å². The second-order valence-electron chi connectivity index (χ2n) is 12.3. The molecule has 7 nitrogen and oxygen atoms in total. The van der Waals surface area contributed by atoms with Crippen molar-refractivity contribution < 1.29 is 9.53 Å². The minimum Gasteiger partial charge on any atom is -0.383 e. The van der Waals surface area contributed by atoms with Crippen LogP contribution in [0.2, 0.25) is 0 Å². The molecule has 1 aliphatic heterocycles. The largest absolute Gasteiger partial charge is 0.383 e. The molecule has 0 atom stereocenters. The summed E-state index contributed by atoms with van der Waals surface area (Å²) in [5, 5.41) is 1.04. The number of para-hydroxylation sites is 1. The molecule has 2 saturated carbocycles. The van der Waals surface area contributed by atoms with E-state index in [1.54, 1.807) is 7.11 Å². The van der Waals surface area contributed by atoms with Crippen LogP contribution in [0.3, 0.4) is 0 Å². The van der Waals surface area contributed by atoms with Gasteiger partial charge in [-0.15, -0.1) is 0 Å². The van der Waals surface area contributed by atoms with Gasteiger partial charge in [0.1, 0.15) is 0 Å². The van der Waals surface area contributed by atoms with Gasteiger partial charge in [-0.05, 0) is 50.2 Å². The molecule has 3 aliphatic rings. The fourth-order valence-corrected chi connectivity index (χ4v) is 7.35. The molecule has 1 amide bonds. The molecule has 3 fully saturated rings. The summed E-state index contributed by atoms with van der Waals surface area (Å²) >= 11 is 0. The summed E-state index contributed by atoms with van der Waals surface area (Å²) in [6.07, 6.45) is 11.4. The van der Waals surface area contributed by atoms with Crippen molar-refractivity contribution in [1.82, 2.24) is 19.3 Å². The molecule has 0 unspecified atom stereocenters. The van der Waals surface area contributed by atoms with Crippen LogP contribution in [0.15, 0.2) is 35.1 Å². The first-order chi connectivity index (χ1) is 19.0. The Labute approximate surface area is 234 Å². The molecule has 7 heteroatoms. The Bertz CT molecular complexity index is 1160. The number of hydrogen-bond donors (Lipinski definition) is 0. The molecule has 2 aromatic rings. The number of benzene rings is 1. The number of ether oxygens (including phenoxy) is 1. The normalized spacial score (nSPS) is 21.3. The summed E-state index contributed by atoms with van der Waals surface area (Å²) in [7, 11) is 3.88. The van der Waals surface area contributed by atoms with Crippen LogP contribution in [-0.2, 0) is 22.6 Å². The van der Waals surface area contributed by atoms with Crippen LogP contribution < -0.4 is 5.56 Å². The van der Waals surface area contributed by atoms with Gasteiger partial charge in [-0.2, -0.15) is 0 Å². The van der Waals surface area contributed by atoms with Crippen LogP contribution >= 0.6 is 0 Å². The average molecular weight is 537 g/mol. The number of hydrogen-bond acceptors (Lipinski definition) is 5. The maximum Gasteiger partial charge on any atom is 0.256 e. The van der Waals surface area contributed by atoms with Crippen LogP contribution in [-0.4, -0.2) is 84.2 Å². The topological polar surface area (TPSA) is 58.0 Å². The number of nitrogens with zero attached hydrogens (tertiary/aromatic N) is 4. The van der Waals surface area contributed by atoms with E-state index >= 15 is 0 Å². The Hall–Kier alpha value is -2.22. The molecule has 0 N–H and O–H groups in total. The SMILES string of the molecule is COCCn1c(=O)c(CN(CC2(N3CCN(C)CC3)CCCCC2)C(=O)C2CCCCC2)cc2ccccc21. The van der Waals surface area contributed by atoms with Crippen LogP contribution in [0.5, 0.6) is 0 Å². The summed E-state index contributed by atoms with van der Waals surface area (Å²) in [4.78, 5) is 35.4. The van der Waals surface area contributed by atoms with Gasteiger partial charge in [-0.1, -0.05) is 56.7 Å². The molecule has 0 radical (unpaired) electrons. The smallest absolute Gasteiger partial charge is 0.256 e. The van der Waals surface area contributed by atoms with Crippen molar-refractivity contribution in [1.29, 1.82) is 0 Å². The van der Waals surface area contributed by atoms with Gasteiger partial charge in [-0.25, -0.2) is 0 Å². The van der Waals surface area contributed by atoms with Crippen molar-refractivity contribution in [3.05, 3.63) is 46.2 Å². The van der Waals surface area contributed by atoms with Crippen molar-refractivity contribution in [2.45, 2.75) is 82.8 Å². The number of pyridine rings is 1. The fourth-order valence-electron chi connectivity index (χ4n) is 7.35. The Morgan fingerprint density at radius 2 is 1.69 bits per heavy atom. The fraction of sp³-hybridized carbons (Fsp3) is 0.688. The van der Waals surface area contributed by atoms with E-state index in [1.807, 2.05) is 28.8 Å². The second-order valence-corrected chi connectivity index (χ2v) is 12.3. The molecular formula is C32H48N4O3. The number of methoxy groups -OCH3 is 1. The highest BCUT2D eigenvalue weighted by atomic mass is 16.5. The van der Waals surface area contributed by atoms with E-state index in [4.69, 9.17) is 4.74 Å². The highest BCUT2D eigenvalue weighted by Gasteiger charge is 2.42. The van der Waals surface area contributed by atoms with Gasteiger partial charge < -0.3 is 19.1 Å². The zero-order valence-electron chi connectivity index (χ0n) is 24.2. The summed E-state index contributed by atoms with van der Waals surface area (Å²) in [5.74, 6) is 0.354. The molecule has 2 heterocycles. The highest BCUT2D eigenvalue weighted by Crippen LogP contribution is 2.37. The van der Waals surface area contributed by atoms with Crippen LogP contribution in [0, 0.1) is 5.92 Å². The van der Waals surface area contributed by atoms with E-state index in [1.165, 1.54) is 25.7 Å². The van der Waals surface area contributed by atoms with Crippen molar-refractivity contribution in [2.75, 3.05) is 53.5 Å². The number of likely N-dealkylation sites (N-methyl/N-ethyl adjacent to an activating group) is 1. The predicted molar refractivity (Wildman–Crippen MR) is 157 cm³/mol. The summed E-state index contributed by atoms with van der Waals surface area (Å²) in [6.45, 7) is 6.37. The van der Waals surface area contributed by atoms with Crippen molar-refractivity contribution in [2.24, 2.45) is 5.92 Å². The second kappa shape index (κ2) is 13.0. The van der Waals surface area contributed by atoms with E-state index in [0.717, 1.165) is 87.7 Å². The van der Waals surface area contributed by atoms with Gasteiger partial charge in [0.2, 0.25) is 5.91 Å². The number of carbonyl (C=O) groups is 1. The Morgan fingerprint density at radius 3 is 2.41 bits per heavy atom. The Kier molecular flexibility index (Phi) is 9.41. The monoisotopic (exact) mass is 536 g/mol. The number of fused-ring (bicyclic) bond motifs is 1.